The number of nitrogens with zero attached hydrogens (tertiary/aromatic N) is 2. The minimum Gasteiger partial charge on any atom is -0.372 e. The second kappa shape index (κ2) is 9.46. The summed E-state index contributed by atoms with van der Waals surface area (Å²) in [5.74, 6) is -0.941. The van der Waals surface area contributed by atoms with Crippen LogP contribution in [0.3, 0.4) is 0 Å². The van der Waals surface area contributed by atoms with Crippen molar-refractivity contribution < 1.29 is 14.4 Å². The van der Waals surface area contributed by atoms with Gasteiger partial charge in [0.25, 0.3) is 11.8 Å². The van der Waals surface area contributed by atoms with Gasteiger partial charge in [0.2, 0.25) is 5.91 Å². The Morgan fingerprint density at radius 1 is 0.743 bits per heavy atom. The van der Waals surface area contributed by atoms with Gasteiger partial charge in [0.05, 0.1) is 11.3 Å². The van der Waals surface area contributed by atoms with Crippen molar-refractivity contribution in [2.24, 2.45) is 0 Å². The number of nitrogens with one attached hydrogen (secondary N) is 2. The second-order valence-electron chi connectivity index (χ2n) is 8.66. The zero-order valence-corrected chi connectivity index (χ0v) is 19.5. The van der Waals surface area contributed by atoms with Gasteiger partial charge in [0, 0.05) is 37.1 Å². The van der Waals surface area contributed by atoms with Gasteiger partial charge >= 0.3 is 0 Å². The molecule has 3 aromatic rings. The van der Waals surface area contributed by atoms with Crippen molar-refractivity contribution in [2.45, 2.75) is 19.8 Å². The number of anilines is 4. The summed E-state index contributed by atoms with van der Waals surface area (Å²) in [4.78, 5) is 42.0. The highest BCUT2D eigenvalue weighted by Crippen LogP contribution is 2.35. The van der Waals surface area contributed by atoms with Gasteiger partial charge in [-0.15, -0.1) is 0 Å². The Hall–Kier alpha value is -4.39. The molecule has 35 heavy (non-hydrogen) atoms. The monoisotopic (exact) mass is 466 g/mol. The molecule has 1 fully saturated rings. The fourth-order valence-corrected chi connectivity index (χ4v) is 4.53. The molecule has 0 spiro atoms. The Morgan fingerprint density at radius 3 is 1.97 bits per heavy atom. The third-order valence-corrected chi connectivity index (χ3v) is 6.20. The molecule has 0 atom stereocenters. The van der Waals surface area contributed by atoms with Crippen LogP contribution in [0.15, 0.2) is 84.6 Å². The first-order chi connectivity index (χ1) is 17.0. The number of carbonyl (C=O) groups excluding carboxylic acids is 3. The van der Waals surface area contributed by atoms with Crippen LogP contribution in [0, 0.1) is 0 Å². The highest BCUT2D eigenvalue weighted by atomic mass is 16.2. The van der Waals surface area contributed by atoms with E-state index in [0.29, 0.717) is 28.2 Å². The van der Waals surface area contributed by atoms with Crippen molar-refractivity contribution in [3.63, 3.8) is 0 Å². The van der Waals surface area contributed by atoms with Crippen LogP contribution >= 0.6 is 0 Å². The van der Waals surface area contributed by atoms with E-state index >= 15 is 0 Å². The van der Waals surface area contributed by atoms with Crippen molar-refractivity contribution in [3.8, 4) is 0 Å². The lowest BCUT2D eigenvalue weighted by Gasteiger charge is -2.20. The van der Waals surface area contributed by atoms with Crippen LogP contribution in [-0.2, 0) is 14.4 Å². The summed E-state index contributed by atoms with van der Waals surface area (Å²) in [6.45, 7) is 3.49. The van der Waals surface area contributed by atoms with E-state index in [1.165, 1.54) is 24.7 Å². The van der Waals surface area contributed by atoms with E-state index in [0.717, 1.165) is 18.8 Å². The summed E-state index contributed by atoms with van der Waals surface area (Å²) >= 11 is 0. The number of imide groups is 1. The summed E-state index contributed by atoms with van der Waals surface area (Å²) in [7, 11) is 0. The normalized spacial score (nSPS) is 15.7. The van der Waals surface area contributed by atoms with Crippen molar-refractivity contribution in [3.05, 3.63) is 90.1 Å². The molecule has 3 aromatic carbocycles. The van der Waals surface area contributed by atoms with Crippen molar-refractivity contribution in [2.75, 3.05) is 33.5 Å². The van der Waals surface area contributed by atoms with E-state index in [1.807, 2.05) is 54.6 Å². The average molecular weight is 467 g/mol. The quantitative estimate of drug-likeness (QED) is 0.517. The van der Waals surface area contributed by atoms with Gasteiger partial charge < -0.3 is 15.5 Å². The maximum absolute atomic E-state index is 13.6. The number of amides is 3. The van der Waals surface area contributed by atoms with Crippen LogP contribution in [0.5, 0.6) is 0 Å². The Bertz CT molecular complexity index is 1290. The van der Waals surface area contributed by atoms with Gasteiger partial charge in [-0.05, 0) is 66.9 Å². The molecule has 0 aromatic heterocycles. The molecular weight excluding hydrogens is 440 g/mol. The summed E-state index contributed by atoms with van der Waals surface area (Å²) in [6.07, 6.45) is 2.35. The van der Waals surface area contributed by atoms with E-state index in [9.17, 15) is 14.4 Å². The van der Waals surface area contributed by atoms with E-state index in [4.69, 9.17) is 0 Å². The van der Waals surface area contributed by atoms with Crippen LogP contribution < -0.4 is 20.4 Å². The molecule has 3 amide bonds. The predicted octanol–water partition coefficient (Wildman–Crippen LogP) is 4.64. The first-order valence-electron chi connectivity index (χ1n) is 11.7. The smallest absolute Gasteiger partial charge is 0.282 e. The summed E-state index contributed by atoms with van der Waals surface area (Å²) < 4.78 is 0. The lowest BCUT2D eigenvalue weighted by Crippen LogP contribution is -2.32. The lowest BCUT2D eigenvalue weighted by atomic mass is 10.0. The number of hydrogen-bond donors (Lipinski definition) is 2. The molecule has 176 valence electrons. The summed E-state index contributed by atoms with van der Waals surface area (Å²) in [5, 5.41) is 5.87. The fourth-order valence-electron chi connectivity index (χ4n) is 4.53. The molecular formula is C28H26N4O3. The molecule has 2 aliphatic rings. The van der Waals surface area contributed by atoms with Gasteiger partial charge in [-0.3, -0.25) is 14.4 Å². The van der Waals surface area contributed by atoms with E-state index < -0.39 is 5.91 Å². The fraction of sp³-hybridized carbons (Fsp3) is 0.179. The van der Waals surface area contributed by atoms with Crippen molar-refractivity contribution >= 4 is 46.0 Å². The zero-order chi connectivity index (χ0) is 24.4. The largest absolute Gasteiger partial charge is 0.372 e. The van der Waals surface area contributed by atoms with E-state index in [1.54, 1.807) is 24.3 Å². The molecule has 0 saturated carbocycles. The number of rotatable bonds is 6. The van der Waals surface area contributed by atoms with E-state index in [-0.39, 0.29) is 17.5 Å². The molecule has 0 radical (unpaired) electrons. The standard InChI is InChI=1S/C28H26N4O3/c1-19(33)29-21-9-11-22(12-10-21)30-26-25(20-7-3-2-4-8-20)27(34)32(28(26)35)24-15-13-23(14-16-24)31-17-5-6-18-31/h2-4,7-16,30H,5-6,17-18H2,1H3,(H,29,33). The van der Waals surface area contributed by atoms with Gasteiger partial charge in [0.15, 0.2) is 0 Å². The topological polar surface area (TPSA) is 81.8 Å². The molecule has 1 saturated heterocycles. The Labute approximate surface area is 204 Å². The highest BCUT2D eigenvalue weighted by molar-refractivity contribution is 6.46. The van der Waals surface area contributed by atoms with Crippen molar-refractivity contribution in [1.29, 1.82) is 0 Å². The first-order valence-corrected chi connectivity index (χ1v) is 11.7. The molecule has 0 bridgehead atoms. The molecule has 5 rings (SSSR count). The van der Waals surface area contributed by atoms with Crippen LogP contribution in [0.1, 0.15) is 25.3 Å². The number of benzene rings is 3. The molecule has 7 nitrogen and oxygen atoms in total. The molecule has 2 N–H and O–H groups in total. The minimum absolute atomic E-state index is 0.164. The minimum atomic E-state index is -0.409. The SMILES string of the molecule is CC(=O)Nc1ccc(NC2=C(c3ccccc3)C(=O)N(c3ccc(N4CCCC4)cc3)C2=O)cc1. The molecule has 0 unspecified atom stereocenters. The van der Waals surface area contributed by atoms with Gasteiger partial charge in [-0.1, -0.05) is 30.3 Å². The molecule has 0 aliphatic carbocycles. The maximum Gasteiger partial charge on any atom is 0.282 e. The van der Waals surface area contributed by atoms with Gasteiger partial charge in [-0.25, -0.2) is 4.90 Å². The third-order valence-electron chi connectivity index (χ3n) is 6.20. The zero-order valence-electron chi connectivity index (χ0n) is 19.5. The Balaban J connectivity index is 1.47. The average Bonchev–Trinajstić information content (AvgIpc) is 3.48. The van der Waals surface area contributed by atoms with E-state index in [2.05, 4.69) is 15.5 Å². The Kier molecular flexibility index (Phi) is 6.06. The number of carbonyl (C=O) groups is 3. The third kappa shape index (κ3) is 4.53. The Morgan fingerprint density at radius 2 is 1.34 bits per heavy atom. The van der Waals surface area contributed by atoms with Crippen molar-refractivity contribution in [1.82, 2.24) is 0 Å². The lowest BCUT2D eigenvalue weighted by molar-refractivity contribution is -0.120. The highest BCUT2D eigenvalue weighted by Gasteiger charge is 2.40. The molecule has 2 aliphatic heterocycles. The van der Waals surface area contributed by atoms with Crippen LogP contribution in [-0.4, -0.2) is 30.8 Å². The first kappa shape index (κ1) is 22.4. The van der Waals surface area contributed by atoms with Crippen LogP contribution in [0.25, 0.3) is 5.57 Å². The second-order valence-corrected chi connectivity index (χ2v) is 8.66. The number of hydrogen-bond acceptors (Lipinski definition) is 5. The summed E-state index contributed by atoms with van der Waals surface area (Å²) in [6, 6.07) is 23.8. The molecule has 2 heterocycles. The van der Waals surface area contributed by atoms with Crippen LogP contribution in [0.2, 0.25) is 0 Å². The van der Waals surface area contributed by atoms with Crippen LogP contribution in [0.4, 0.5) is 22.7 Å². The van der Waals surface area contributed by atoms with Gasteiger partial charge in [0.1, 0.15) is 5.70 Å². The summed E-state index contributed by atoms with van der Waals surface area (Å²) in [5.41, 5.74) is 4.12. The molecule has 7 heteroatoms. The maximum atomic E-state index is 13.6. The predicted molar refractivity (Wildman–Crippen MR) is 138 cm³/mol. The van der Waals surface area contributed by atoms with Gasteiger partial charge in [-0.2, -0.15) is 0 Å².